The average molecular weight is 754 g/mol. The summed E-state index contributed by atoms with van der Waals surface area (Å²) in [7, 11) is -0.833. The lowest BCUT2D eigenvalue weighted by molar-refractivity contribution is 0.0771. The first-order valence-electron chi connectivity index (χ1n) is 18.4. The predicted molar refractivity (Wildman–Crippen MR) is 212 cm³/mol. The number of hydrogen-bond donors (Lipinski definition) is 0. The molecule has 11 heteroatoms. The van der Waals surface area contributed by atoms with Crippen molar-refractivity contribution >= 4 is 22.7 Å². The van der Waals surface area contributed by atoms with Crippen molar-refractivity contribution in [2.24, 2.45) is 0 Å². The van der Waals surface area contributed by atoms with Crippen LogP contribution in [0.15, 0.2) is 116 Å². The molecule has 1 aromatic heterocycles. The molecule has 280 valence electrons. The molecule has 2 fully saturated rings. The number of urea groups is 1. The number of ether oxygens (including phenoxy) is 2. The summed E-state index contributed by atoms with van der Waals surface area (Å²) in [6.07, 6.45) is 1.46. The molecule has 3 amide bonds. The molecule has 2 aliphatic rings. The summed E-state index contributed by atoms with van der Waals surface area (Å²) < 4.78 is 24.2. The van der Waals surface area contributed by atoms with Gasteiger partial charge >= 0.3 is 6.03 Å². The van der Waals surface area contributed by atoms with Gasteiger partial charge in [-0.05, 0) is 66.9 Å². The van der Waals surface area contributed by atoms with E-state index in [2.05, 4.69) is 21.8 Å². The third-order valence-corrected chi connectivity index (χ3v) is 10.9. The quantitative estimate of drug-likeness (QED) is 0.140. The van der Waals surface area contributed by atoms with Crippen molar-refractivity contribution in [2.45, 2.75) is 45.7 Å². The number of carbonyl (C=O) groups is 2. The van der Waals surface area contributed by atoms with Crippen LogP contribution in [0, 0.1) is 11.8 Å². The molecule has 2 saturated heterocycles. The Kier molecular flexibility index (Phi) is 11.8. The van der Waals surface area contributed by atoms with Crippen LogP contribution >= 0.6 is 0 Å². The lowest BCUT2D eigenvalue weighted by Crippen LogP contribution is -2.41. The number of rotatable bonds is 11. The third kappa shape index (κ3) is 9.22. The molecule has 1 unspecified atom stereocenters. The van der Waals surface area contributed by atoms with E-state index in [9.17, 15) is 13.8 Å². The van der Waals surface area contributed by atoms with Gasteiger partial charge in [0.05, 0.1) is 12.6 Å². The van der Waals surface area contributed by atoms with Gasteiger partial charge in [0, 0.05) is 64.7 Å². The molecule has 0 aliphatic carbocycles. The molecule has 0 N–H and O–H groups in total. The molecule has 10 nitrogen and oxygen atoms in total. The molecule has 0 bridgehead atoms. The smallest absolute Gasteiger partial charge is 0.321 e. The molecule has 7 rings (SSSR count). The lowest BCUT2D eigenvalue weighted by atomic mass is 10.0. The summed E-state index contributed by atoms with van der Waals surface area (Å²) in [4.78, 5) is 41.3. The van der Waals surface area contributed by atoms with E-state index in [0.29, 0.717) is 67.2 Å². The van der Waals surface area contributed by atoms with E-state index in [1.807, 2.05) is 116 Å². The van der Waals surface area contributed by atoms with E-state index in [1.165, 1.54) is 6.33 Å². The number of carbonyl (C=O) groups excluding carboxylic acids is 2. The highest BCUT2D eigenvalue weighted by atomic mass is 32.2. The highest BCUT2D eigenvalue weighted by Gasteiger charge is 2.40. The van der Waals surface area contributed by atoms with Crippen molar-refractivity contribution in [1.82, 2.24) is 24.7 Å². The average Bonchev–Trinajstić information content (AvgIpc) is 3.55. The molecule has 55 heavy (non-hydrogen) atoms. The number of amides is 3. The van der Waals surface area contributed by atoms with Crippen LogP contribution in [0.2, 0.25) is 0 Å². The van der Waals surface area contributed by atoms with Crippen molar-refractivity contribution in [2.75, 3.05) is 31.1 Å². The first-order valence-corrected chi connectivity index (χ1v) is 19.9. The number of aromatic nitrogens is 2. The van der Waals surface area contributed by atoms with Gasteiger partial charge in [-0.15, -0.1) is 0 Å². The molecule has 3 heterocycles. The van der Waals surface area contributed by atoms with Gasteiger partial charge in [-0.2, -0.15) is 4.98 Å². The van der Waals surface area contributed by atoms with Crippen LogP contribution in [-0.2, 0) is 30.6 Å². The largest absolute Gasteiger partial charge is 0.482 e. The SMILES string of the molecule is CC(C)N1C(=O)N(Cc2ncnc(OCc3ccccc3)c2OCc2ccccc2)CC1c1ccc(C#Cc2ccc(C(=O)N3CCS(=O)CC3)cc2)cc1. The van der Waals surface area contributed by atoms with Gasteiger partial charge in [0.1, 0.15) is 25.2 Å². The van der Waals surface area contributed by atoms with Gasteiger partial charge in [-0.25, -0.2) is 9.78 Å². The first kappa shape index (κ1) is 37.3. The second-order valence-corrected chi connectivity index (χ2v) is 15.5. The minimum atomic E-state index is -0.833. The van der Waals surface area contributed by atoms with Crippen molar-refractivity contribution in [3.05, 3.63) is 155 Å². The first-order chi connectivity index (χ1) is 26.8. The highest BCUT2D eigenvalue weighted by molar-refractivity contribution is 7.85. The van der Waals surface area contributed by atoms with E-state index in [4.69, 9.17) is 9.47 Å². The maximum absolute atomic E-state index is 14.0. The summed E-state index contributed by atoms with van der Waals surface area (Å²) in [5.74, 6) is 8.18. The van der Waals surface area contributed by atoms with Crippen molar-refractivity contribution < 1.29 is 23.3 Å². The Morgan fingerprint density at radius 3 is 1.98 bits per heavy atom. The van der Waals surface area contributed by atoms with Gasteiger partial charge in [0.25, 0.3) is 11.8 Å². The van der Waals surface area contributed by atoms with Crippen LogP contribution in [0.5, 0.6) is 11.6 Å². The van der Waals surface area contributed by atoms with Gasteiger partial charge in [-0.1, -0.05) is 84.6 Å². The maximum Gasteiger partial charge on any atom is 0.321 e. The van der Waals surface area contributed by atoms with E-state index >= 15 is 0 Å². The molecule has 5 aromatic rings. The van der Waals surface area contributed by atoms with E-state index < -0.39 is 10.8 Å². The Labute approximate surface area is 324 Å². The Morgan fingerprint density at radius 2 is 1.38 bits per heavy atom. The molecular weight excluding hydrogens is 711 g/mol. The van der Waals surface area contributed by atoms with Crippen LogP contribution in [0.1, 0.15) is 63.8 Å². The maximum atomic E-state index is 14.0. The van der Waals surface area contributed by atoms with Gasteiger partial charge in [0.2, 0.25) is 5.75 Å². The summed E-state index contributed by atoms with van der Waals surface area (Å²) in [6, 6.07) is 34.7. The van der Waals surface area contributed by atoms with Gasteiger partial charge in [-0.3, -0.25) is 9.00 Å². The predicted octanol–water partition coefficient (Wildman–Crippen LogP) is 6.63. The monoisotopic (exact) mass is 753 g/mol. The molecule has 4 aromatic carbocycles. The van der Waals surface area contributed by atoms with Crippen LogP contribution in [0.3, 0.4) is 0 Å². The standard InChI is InChI=1S/C44H43N5O5S/c1-32(2)49-40(37-19-15-33(16-20-37)13-14-34-17-21-38(22-18-34)43(50)47-23-25-55(52)26-24-47)28-48(44(49)51)27-39-41(53-29-35-9-5-3-6-10-35)42(46-31-45-39)54-30-36-11-7-4-8-12-36/h3-12,15-22,31-32,40H,23-30H2,1-2H3. The third-order valence-electron chi connectivity index (χ3n) is 9.65. The van der Waals surface area contributed by atoms with E-state index in [0.717, 1.165) is 27.8 Å². The summed E-state index contributed by atoms with van der Waals surface area (Å²) in [5, 5.41) is 0. The summed E-state index contributed by atoms with van der Waals surface area (Å²) >= 11 is 0. The summed E-state index contributed by atoms with van der Waals surface area (Å²) in [5.41, 5.74) is 5.80. The zero-order chi connectivity index (χ0) is 38.1. The molecule has 0 saturated carbocycles. The van der Waals surface area contributed by atoms with Crippen LogP contribution in [0.25, 0.3) is 0 Å². The minimum absolute atomic E-state index is 0.0420. The number of nitrogens with zero attached hydrogens (tertiary/aromatic N) is 5. The normalized spacial score (nSPS) is 15.9. The van der Waals surface area contributed by atoms with Crippen LogP contribution in [0.4, 0.5) is 4.79 Å². The van der Waals surface area contributed by atoms with E-state index in [1.54, 1.807) is 21.9 Å². The number of benzene rings is 4. The van der Waals surface area contributed by atoms with Gasteiger partial charge < -0.3 is 24.2 Å². The molecule has 0 radical (unpaired) electrons. The molecule has 1 atom stereocenters. The topological polar surface area (TPSA) is 105 Å². The van der Waals surface area contributed by atoms with E-state index in [-0.39, 0.29) is 30.6 Å². The van der Waals surface area contributed by atoms with Crippen LogP contribution in [-0.4, -0.2) is 78.0 Å². The van der Waals surface area contributed by atoms with Crippen molar-refractivity contribution in [1.29, 1.82) is 0 Å². The zero-order valence-electron chi connectivity index (χ0n) is 31.0. The highest BCUT2D eigenvalue weighted by Crippen LogP contribution is 2.35. The summed E-state index contributed by atoms with van der Waals surface area (Å²) in [6.45, 7) is 6.37. The van der Waals surface area contributed by atoms with Crippen molar-refractivity contribution in [3.63, 3.8) is 0 Å². The fraction of sp³-hybridized carbons (Fsp3) is 0.273. The molecule has 0 spiro atoms. The van der Waals surface area contributed by atoms with Crippen molar-refractivity contribution in [3.8, 4) is 23.5 Å². The Balaban J connectivity index is 1.05. The minimum Gasteiger partial charge on any atom is -0.482 e. The van der Waals surface area contributed by atoms with Crippen LogP contribution < -0.4 is 9.47 Å². The second kappa shape index (κ2) is 17.4. The fourth-order valence-electron chi connectivity index (χ4n) is 6.69. The van der Waals surface area contributed by atoms with Gasteiger partial charge in [0.15, 0.2) is 0 Å². The second-order valence-electron chi connectivity index (χ2n) is 13.8. The zero-order valence-corrected chi connectivity index (χ0v) is 31.8. The Morgan fingerprint density at radius 1 is 0.800 bits per heavy atom. The fourth-order valence-corrected chi connectivity index (χ4v) is 7.74. The number of hydrogen-bond acceptors (Lipinski definition) is 7. The lowest BCUT2D eigenvalue weighted by Gasteiger charge is -2.27. The molecule has 2 aliphatic heterocycles. The molecular formula is C44H43N5O5S. The Hall–Kier alpha value is -5.99. The Bertz CT molecular complexity index is 2180.